The number of carbonyl (C=O) groups excluding carboxylic acids is 1. The van der Waals surface area contributed by atoms with Gasteiger partial charge in [-0.15, -0.1) is 0 Å². The average Bonchev–Trinajstić information content (AvgIpc) is 2.88. The van der Waals surface area contributed by atoms with Crippen LogP contribution in [0.25, 0.3) is 0 Å². The second-order valence-electron chi connectivity index (χ2n) is 7.61. The summed E-state index contributed by atoms with van der Waals surface area (Å²) >= 11 is 0. The normalized spacial score (nSPS) is 11.0. The van der Waals surface area contributed by atoms with Crippen molar-refractivity contribution in [2.45, 2.75) is 25.3 Å². The maximum absolute atomic E-state index is 13.5. The summed E-state index contributed by atoms with van der Waals surface area (Å²) in [4.78, 5) is 15.2. The molecule has 7 nitrogen and oxygen atoms in total. The number of ether oxygens (including phenoxy) is 1. The summed E-state index contributed by atoms with van der Waals surface area (Å²) in [5.74, 6) is -0.0555. The highest BCUT2D eigenvalue weighted by Gasteiger charge is 2.29. The lowest BCUT2D eigenvalue weighted by Gasteiger charge is -2.25. The number of carbonyl (C=O) groups is 1. The van der Waals surface area contributed by atoms with Crippen LogP contribution in [0, 0.1) is 0 Å². The molecule has 0 aliphatic rings. The molecule has 0 radical (unpaired) electrons. The first kappa shape index (κ1) is 25.1. The quantitative estimate of drug-likeness (QED) is 0.447. The molecule has 3 rings (SSSR count). The van der Waals surface area contributed by atoms with Crippen LogP contribution in [0.15, 0.2) is 83.8 Å². The number of anilines is 2. The van der Waals surface area contributed by atoms with Crippen LogP contribution in [0.4, 0.5) is 11.4 Å². The molecule has 0 spiro atoms. The molecule has 0 unspecified atom stereocenters. The van der Waals surface area contributed by atoms with Gasteiger partial charge in [0.05, 0.1) is 17.7 Å². The molecule has 0 fully saturated rings. The van der Waals surface area contributed by atoms with Crippen molar-refractivity contribution in [2.75, 3.05) is 35.9 Å². The Balaban J connectivity index is 1.79. The van der Waals surface area contributed by atoms with Crippen molar-refractivity contribution >= 4 is 27.3 Å². The van der Waals surface area contributed by atoms with Crippen LogP contribution in [-0.2, 0) is 21.4 Å². The molecule has 3 aromatic rings. The highest BCUT2D eigenvalue weighted by molar-refractivity contribution is 7.92. The third-order valence-electron chi connectivity index (χ3n) is 5.53. The van der Waals surface area contributed by atoms with Crippen molar-refractivity contribution in [1.82, 2.24) is 5.32 Å². The highest BCUT2D eigenvalue weighted by Crippen LogP contribution is 2.32. The summed E-state index contributed by atoms with van der Waals surface area (Å²) in [5.41, 5.74) is 2.35. The lowest BCUT2D eigenvalue weighted by molar-refractivity contribution is -0.119. The van der Waals surface area contributed by atoms with Gasteiger partial charge < -0.3 is 15.0 Å². The Labute approximate surface area is 202 Å². The zero-order valence-corrected chi connectivity index (χ0v) is 20.6. The first-order valence-corrected chi connectivity index (χ1v) is 12.7. The van der Waals surface area contributed by atoms with Gasteiger partial charge in [-0.25, -0.2) is 8.42 Å². The molecule has 1 amide bonds. The number of hydrogen-bond donors (Lipinski definition) is 1. The molecule has 34 heavy (non-hydrogen) atoms. The predicted octanol–water partition coefficient (Wildman–Crippen LogP) is 4.05. The summed E-state index contributed by atoms with van der Waals surface area (Å²) in [6.45, 7) is 5.96. The maximum atomic E-state index is 13.5. The smallest absolute Gasteiger partial charge is 0.264 e. The molecule has 8 heteroatoms. The van der Waals surface area contributed by atoms with Crippen molar-refractivity contribution in [2.24, 2.45) is 0 Å². The van der Waals surface area contributed by atoms with E-state index in [9.17, 15) is 13.2 Å². The largest absolute Gasteiger partial charge is 0.495 e. The lowest BCUT2D eigenvalue weighted by Crippen LogP contribution is -2.40. The standard InChI is InChI=1S/C26H31N3O4S/c1-4-28(5-2)22-17-15-21(16-18-22)19-27-26(30)20-29(24-13-9-10-14-25(24)33-3)34(31,32)23-11-7-6-8-12-23/h6-18H,4-5,19-20H2,1-3H3,(H,27,30). The maximum Gasteiger partial charge on any atom is 0.264 e. The van der Waals surface area contributed by atoms with Crippen LogP contribution in [-0.4, -0.2) is 41.1 Å². The molecule has 180 valence electrons. The lowest BCUT2D eigenvalue weighted by atomic mass is 10.2. The third-order valence-corrected chi connectivity index (χ3v) is 7.30. The van der Waals surface area contributed by atoms with E-state index in [1.807, 2.05) is 24.3 Å². The Morgan fingerprint density at radius 2 is 1.50 bits per heavy atom. The van der Waals surface area contributed by atoms with Gasteiger partial charge in [0.2, 0.25) is 5.91 Å². The van der Waals surface area contributed by atoms with Crippen molar-refractivity contribution in [3.05, 3.63) is 84.4 Å². The Morgan fingerprint density at radius 3 is 2.12 bits per heavy atom. The fourth-order valence-corrected chi connectivity index (χ4v) is 5.11. The molecule has 0 aliphatic carbocycles. The van der Waals surface area contributed by atoms with Gasteiger partial charge in [-0.05, 0) is 55.8 Å². The van der Waals surface area contributed by atoms with Crippen molar-refractivity contribution in [3.63, 3.8) is 0 Å². The minimum absolute atomic E-state index is 0.0979. The number of methoxy groups -OCH3 is 1. The summed E-state index contributed by atoms with van der Waals surface area (Å²) in [6, 6.07) is 22.8. The average molecular weight is 482 g/mol. The van der Waals surface area contributed by atoms with E-state index in [0.29, 0.717) is 18.0 Å². The predicted molar refractivity (Wildman–Crippen MR) is 136 cm³/mol. The number of hydrogen-bond acceptors (Lipinski definition) is 5. The van der Waals surface area contributed by atoms with E-state index >= 15 is 0 Å². The molecule has 3 aromatic carbocycles. The van der Waals surface area contributed by atoms with Gasteiger partial charge in [-0.1, -0.05) is 42.5 Å². The molecular weight excluding hydrogens is 450 g/mol. The fraction of sp³-hybridized carbons (Fsp3) is 0.269. The van der Waals surface area contributed by atoms with E-state index in [1.165, 1.54) is 19.2 Å². The van der Waals surface area contributed by atoms with Crippen LogP contribution in [0.5, 0.6) is 5.75 Å². The zero-order valence-electron chi connectivity index (χ0n) is 19.8. The van der Waals surface area contributed by atoms with Gasteiger partial charge in [0.1, 0.15) is 12.3 Å². The van der Waals surface area contributed by atoms with Gasteiger partial charge in [-0.2, -0.15) is 0 Å². The molecule has 0 saturated heterocycles. The summed E-state index contributed by atoms with van der Waals surface area (Å²) in [5, 5.41) is 2.84. The second kappa shape index (κ2) is 11.6. The van der Waals surface area contributed by atoms with E-state index in [-0.39, 0.29) is 11.4 Å². The van der Waals surface area contributed by atoms with Crippen molar-refractivity contribution < 1.29 is 17.9 Å². The molecule has 1 N–H and O–H groups in total. The van der Waals surface area contributed by atoms with E-state index in [4.69, 9.17) is 4.74 Å². The van der Waals surface area contributed by atoms with Crippen LogP contribution >= 0.6 is 0 Å². The number of nitrogens with zero attached hydrogens (tertiary/aromatic N) is 2. The Hall–Kier alpha value is -3.52. The van der Waals surface area contributed by atoms with Gasteiger partial charge in [0.15, 0.2) is 0 Å². The Kier molecular flexibility index (Phi) is 8.54. The molecular formula is C26H31N3O4S. The topological polar surface area (TPSA) is 79.0 Å². The van der Waals surface area contributed by atoms with Gasteiger partial charge in [-0.3, -0.25) is 9.10 Å². The van der Waals surface area contributed by atoms with Crippen LogP contribution in [0.3, 0.4) is 0 Å². The van der Waals surface area contributed by atoms with E-state index in [0.717, 1.165) is 28.6 Å². The SMILES string of the molecule is CCN(CC)c1ccc(CNC(=O)CN(c2ccccc2OC)S(=O)(=O)c2ccccc2)cc1. The fourth-order valence-electron chi connectivity index (χ4n) is 3.66. The highest BCUT2D eigenvalue weighted by atomic mass is 32.2. The van der Waals surface area contributed by atoms with Gasteiger partial charge >= 0.3 is 0 Å². The molecule has 0 aromatic heterocycles. The number of sulfonamides is 1. The van der Waals surface area contributed by atoms with E-state index in [2.05, 4.69) is 24.1 Å². The third kappa shape index (κ3) is 5.88. The number of amides is 1. The van der Waals surface area contributed by atoms with E-state index in [1.54, 1.807) is 42.5 Å². The monoisotopic (exact) mass is 481 g/mol. The van der Waals surface area contributed by atoms with Gasteiger partial charge in [0.25, 0.3) is 10.0 Å². The van der Waals surface area contributed by atoms with Crippen LogP contribution in [0.2, 0.25) is 0 Å². The first-order chi connectivity index (χ1) is 16.4. The number of nitrogens with one attached hydrogen (secondary N) is 1. The molecule has 0 aliphatic heterocycles. The van der Waals surface area contributed by atoms with Crippen LogP contribution < -0.4 is 19.3 Å². The molecule has 0 heterocycles. The van der Waals surface area contributed by atoms with Crippen molar-refractivity contribution in [1.29, 1.82) is 0 Å². The Morgan fingerprint density at radius 1 is 0.882 bits per heavy atom. The summed E-state index contributed by atoms with van der Waals surface area (Å²) in [7, 11) is -2.53. The summed E-state index contributed by atoms with van der Waals surface area (Å²) < 4.78 is 33.4. The number of para-hydroxylation sites is 2. The Bertz CT molecular complexity index is 1180. The molecule has 0 atom stereocenters. The van der Waals surface area contributed by atoms with Crippen LogP contribution in [0.1, 0.15) is 19.4 Å². The minimum Gasteiger partial charge on any atom is -0.495 e. The number of rotatable bonds is 11. The minimum atomic E-state index is -4.00. The summed E-state index contributed by atoms with van der Waals surface area (Å²) in [6.07, 6.45) is 0. The number of benzene rings is 3. The van der Waals surface area contributed by atoms with E-state index < -0.39 is 15.9 Å². The van der Waals surface area contributed by atoms with Crippen molar-refractivity contribution in [3.8, 4) is 5.75 Å². The first-order valence-electron chi connectivity index (χ1n) is 11.2. The molecule has 0 bridgehead atoms. The second-order valence-corrected chi connectivity index (χ2v) is 9.47. The zero-order chi connectivity index (χ0) is 24.6. The molecule has 0 saturated carbocycles. The van der Waals surface area contributed by atoms with Gasteiger partial charge in [0, 0.05) is 25.3 Å².